The molecule has 0 heterocycles. The number of carbonyl (C=O) groups is 1. The number of hydrazone groups is 1. The summed E-state index contributed by atoms with van der Waals surface area (Å²) in [6.07, 6.45) is 4.51. The average Bonchev–Trinajstić information content (AvgIpc) is 3.32. The molecule has 3 atom stereocenters. The van der Waals surface area contributed by atoms with Crippen LogP contribution in [0.4, 0.5) is 0 Å². The van der Waals surface area contributed by atoms with Gasteiger partial charge < -0.3 is 0 Å². The highest BCUT2D eigenvalue weighted by Gasteiger charge is 2.61. The number of benzene rings is 2. The fourth-order valence-corrected chi connectivity index (χ4v) is 6.37. The van der Waals surface area contributed by atoms with Gasteiger partial charge in [-0.05, 0) is 42.7 Å². The van der Waals surface area contributed by atoms with Crippen molar-refractivity contribution in [1.82, 2.24) is 5.43 Å². The number of nitrogens with zero attached hydrogens (tertiary/aromatic N) is 1. The van der Waals surface area contributed by atoms with Gasteiger partial charge in [-0.2, -0.15) is 5.10 Å². The van der Waals surface area contributed by atoms with Crippen molar-refractivity contribution in [2.75, 3.05) is 0 Å². The van der Waals surface area contributed by atoms with E-state index in [2.05, 4.69) is 74.7 Å². The van der Waals surface area contributed by atoms with Crippen molar-refractivity contribution in [2.45, 2.75) is 51.9 Å². The molecule has 150 valence electrons. The molecule has 2 bridgehead atoms. The minimum absolute atomic E-state index is 0.0485. The van der Waals surface area contributed by atoms with Gasteiger partial charge in [0.25, 0.3) is 0 Å². The lowest BCUT2D eigenvalue weighted by atomic mass is 9.71. The van der Waals surface area contributed by atoms with E-state index in [1.807, 2.05) is 12.1 Å². The van der Waals surface area contributed by atoms with Crippen molar-refractivity contribution in [3.63, 3.8) is 0 Å². The summed E-state index contributed by atoms with van der Waals surface area (Å²) in [7, 11) is 0. The second-order valence-electron chi connectivity index (χ2n) is 10.1. The Balaban J connectivity index is 1.42. The summed E-state index contributed by atoms with van der Waals surface area (Å²) in [5.74, 6) is 0.662. The first kappa shape index (κ1) is 18.6. The van der Waals surface area contributed by atoms with Crippen LogP contribution >= 0.6 is 0 Å². The summed E-state index contributed by atoms with van der Waals surface area (Å²) in [6, 6.07) is 20.9. The van der Waals surface area contributed by atoms with Crippen LogP contribution in [-0.4, -0.2) is 11.6 Å². The monoisotopic (exact) mass is 386 g/mol. The molecule has 0 radical (unpaired) electrons. The van der Waals surface area contributed by atoms with Crippen molar-refractivity contribution in [1.29, 1.82) is 0 Å². The van der Waals surface area contributed by atoms with Gasteiger partial charge in [0.05, 0.1) is 11.6 Å². The van der Waals surface area contributed by atoms with Crippen molar-refractivity contribution < 1.29 is 4.79 Å². The predicted octanol–water partition coefficient (Wildman–Crippen LogP) is 5.31. The van der Waals surface area contributed by atoms with E-state index in [-0.39, 0.29) is 28.1 Å². The molecule has 3 nitrogen and oxygen atoms in total. The number of nitrogens with one attached hydrogen (secondary N) is 1. The summed E-state index contributed by atoms with van der Waals surface area (Å²) in [6.45, 7) is 6.91. The van der Waals surface area contributed by atoms with Gasteiger partial charge in [-0.25, -0.2) is 5.43 Å². The Hall–Kier alpha value is -2.42. The number of hydrogen-bond donors (Lipinski definition) is 1. The van der Waals surface area contributed by atoms with Gasteiger partial charge in [0, 0.05) is 16.2 Å². The maximum Gasteiger partial charge on any atom is 0.244 e. The lowest BCUT2D eigenvalue weighted by Gasteiger charge is -2.35. The standard InChI is InChI=1S/C26H30N2O/c1-24(2)20-14-15-25(3,16-20)23(24)28-27-22(29)21-17-26(21,18-10-6-4-7-11-18)19-12-8-5-9-13-19/h4-13,20-21H,14-17H2,1-3H3,(H,27,29)/b28-23-/t20-,21+,25-/m1/s1. The van der Waals surface area contributed by atoms with E-state index in [1.165, 1.54) is 36.1 Å². The van der Waals surface area contributed by atoms with Crippen molar-refractivity contribution in [2.24, 2.45) is 27.8 Å². The molecule has 2 aromatic carbocycles. The number of rotatable bonds is 4. The van der Waals surface area contributed by atoms with Crippen molar-refractivity contribution in [3.05, 3.63) is 71.8 Å². The van der Waals surface area contributed by atoms with Gasteiger partial charge >= 0.3 is 0 Å². The number of carbonyl (C=O) groups excluding carboxylic acids is 1. The average molecular weight is 387 g/mol. The van der Waals surface area contributed by atoms with Crippen molar-refractivity contribution >= 4 is 11.6 Å². The molecule has 5 rings (SSSR count). The van der Waals surface area contributed by atoms with E-state index in [4.69, 9.17) is 5.10 Å². The number of hydrogen-bond acceptors (Lipinski definition) is 2. The van der Waals surface area contributed by atoms with Crippen LogP contribution < -0.4 is 5.43 Å². The molecule has 3 heteroatoms. The van der Waals surface area contributed by atoms with E-state index >= 15 is 0 Å². The Bertz CT molecular complexity index is 916. The molecule has 3 fully saturated rings. The fraction of sp³-hybridized carbons (Fsp3) is 0.462. The first-order valence-corrected chi connectivity index (χ1v) is 10.9. The van der Waals surface area contributed by atoms with Crippen LogP contribution in [-0.2, 0) is 10.2 Å². The smallest absolute Gasteiger partial charge is 0.244 e. The van der Waals surface area contributed by atoms with Crippen LogP contribution in [0.2, 0.25) is 0 Å². The van der Waals surface area contributed by atoms with Crippen LogP contribution in [0.25, 0.3) is 0 Å². The molecule has 29 heavy (non-hydrogen) atoms. The summed E-state index contributed by atoms with van der Waals surface area (Å²) < 4.78 is 0. The summed E-state index contributed by atoms with van der Waals surface area (Å²) >= 11 is 0. The molecule has 0 spiro atoms. The SMILES string of the molecule is CC1(C)/C(=N/NC(=O)[C@@H]2CC2(c2ccccc2)c2ccccc2)[C@]2(C)CC[C@@H]1C2. The largest absolute Gasteiger partial charge is 0.273 e. The highest BCUT2D eigenvalue weighted by molar-refractivity contribution is 5.98. The third-order valence-electron chi connectivity index (χ3n) is 8.08. The predicted molar refractivity (Wildman–Crippen MR) is 117 cm³/mol. The first-order chi connectivity index (χ1) is 13.9. The molecule has 1 N–H and O–H groups in total. The maximum absolute atomic E-state index is 13.2. The van der Waals surface area contributed by atoms with E-state index in [9.17, 15) is 4.79 Å². The van der Waals surface area contributed by atoms with Crippen LogP contribution in [0.5, 0.6) is 0 Å². The molecule has 3 aliphatic rings. The third kappa shape index (κ3) is 2.70. The van der Waals surface area contributed by atoms with E-state index in [1.54, 1.807) is 0 Å². The summed E-state index contributed by atoms with van der Waals surface area (Å²) in [5.41, 5.74) is 6.62. The molecule has 1 amide bonds. The highest BCUT2D eigenvalue weighted by atomic mass is 16.2. The number of amides is 1. The zero-order valence-electron chi connectivity index (χ0n) is 17.6. The van der Waals surface area contributed by atoms with Crippen LogP contribution in [0.1, 0.15) is 57.6 Å². The molecule has 0 unspecified atom stereocenters. The molecule has 3 aliphatic carbocycles. The summed E-state index contributed by atoms with van der Waals surface area (Å²) in [5, 5.41) is 4.76. The van der Waals surface area contributed by atoms with Gasteiger partial charge in [0.2, 0.25) is 5.91 Å². The van der Waals surface area contributed by atoms with Crippen LogP contribution in [0.15, 0.2) is 65.8 Å². The molecule has 0 aliphatic heterocycles. The van der Waals surface area contributed by atoms with Crippen molar-refractivity contribution in [3.8, 4) is 0 Å². The zero-order valence-corrected chi connectivity index (χ0v) is 17.6. The van der Waals surface area contributed by atoms with E-state index in [0.29, 0.717) is 5.92 Å². The topological polar surface area (TPSA) is 41.5 Å². The zero-order chi connectivity index (χ0) is 20.3. The molecule has 3 saturated carbocycles. The fourth-order valence-electron chi connectivity index (χ4n) is 6.37. The Labute approximate surface area is 173 Å². The normalized spacial score (nSPS) is 32.3. The Kier molecular flexibility index (Phi) is 4.03. The Morgan fingerprint density at radius 3 is 2.03 bits per heavy atom. The van der Waals surface area contributed by atoms with Crippen LogP contribution in [0, 0.1) is 22.7 Å². The minimum Gasteiger partial charge on any atom is -0.273 e. The van der Waals surface area contributed by atoms with Gasteiger partial charge in [0.15, 0.2) is 0 Å². The first-order valence-electron chi connectivity index (χ1n) is 10.9. The lowest BCUT2D eigenvalue weighted by molar-refractivity contribution is -0.122. The van der Waals surface area contributed by atoms with Gasteiger partial charge in [-0.15, -0.1) is 0 Å². The maximum atomic E-state index is 13.2. The van der Waals surface area contributed by atoms with Crippen LogP contribution in [0.3, 0.4) is 0 Å². The number of fused-ring (bicyclic) bond motifs is 2. The van der Waals surface area contributed by atoms with E-state index < -0.39 is 0 Å². The molecular weight excluding hydrogens is 356 g/mol. The molecule has 2 aromatic rings. The lowest BCUT2D eigenvalue weighted by Crippen LogP contribution is -2.38. The Morgan fingerprint density at radius 2 is 1.52 bits per heavy atom. The highest BCUT2D eigenvalue weighted by Crippen LogP contribution is 2.61. The summed E-state index contributed by atoms with van der Waals surface area (Å²) in [4.78, 5) is 13.2. The van der Waals surface area contributed by atoms with E-state index in [0.717, 1.165) is 6.42 Å². The Morgan fingerprint density at radius 1 is 0.931 bits per heavy atom. The third-order valence-corrected chi connectivity index (χ3v) is 8.08. The molecule has 0 aromatic heterocycles. The second kappa shape index (κ2) is 6.29. The molecule has 0 saturated heterocycles. The van der Waals surface area contributed by atoms with Gasteiger partial charge in [-0.1, -0.05) is 81.4 Å². The second-order valence-corrected chi connectivity index (χ2v) is 10.1. The quantitative estimate of drug-likeness (QED) is 0.711. The van der Waals surface area contributed by atoms with Gasteiger partial charge in [0.1, 0.15) is 0 Å². The minimum atomic E-state index is -0.235. The van der Waals surface area contributed by atoms with Gasteiger partial charge in [-0.3, -0.25) is 4.79 Å². The molecular formula is C26H30N2O.